The molecule has 1 aromatic rings. The highest BCUT2D eigenvalue weighted by Gasteiger charge is 2.00. The van der Waals surface area contributed by atoms with Crippen molar-refractivity contribution in [2.75, 3.05) is 0 Å². The summed E-state index contributed by atoms with van der Waals surface area (Å²) in [4.78, 5) is 0. The summed E-state index contributed by atoms with van der Waals surface area (Å²) in [6, 6.07) is 7.18. The second kappa shape index (κ2) is 3.83. The van der Waals surface area contributed by atoms with E-state index in [9.17, 15) is 4.39 Å². The normalized spacial score (nSPS) is 13.0. The third-order valence-corrected chi connectivity index (χ3v) is 1.85. The van der Waals surface area contributed by atoms with Gasteiger partial charge in [0, 0.05) is 10.9 Å². The van der Waals surface area contributed by atoms with Crippen LogP contribution in [0.2, 0.25) is 0 Å². The second-order valence-electron chi connectivity index (χ2n) is 2.27. The van der Waals surface area contributed by atoms with E-state index in [4.69, 9.17) is 5.11 Å². The summed E-state index contributed by atoms with van der Waals surface area (Å²) in [6.07, 6.45) is -1.69. The standard InChI is InChI=1S/C8H8BrFO/c9-7-3-1-6(2-4-7)5-8(10)11/h1-4,8,11H,5H2. The molecule has 0 aromatic heterocycles. The molecular formula is C8H8BrFO. The van der Waals surface area contributed by atoms with Crippen LogP contribution in [0.5, 0.6) is 0 Å². The van der Waals surface area contributed by atoms with Crippen molar-refractivity contribution in [3.8, 4) is 0 Å². The predicted molar refractivity (Wildman–Crippen MR) is 45.0 cm³/mol. The van der Waals surface area contributed by atoms with E-state index in [1.165, 1.54) is 0 Å². The first-order valence-electron chi connectivity index (χ1n) is 3.25. The highest BCUT2D eigenvalue weighted by molar-refractivity contribution is 9.10. The van der Waals surface area contributed by atoms with Crippen LogP contribution in [0.4, 0.5) is 4.39 Å². The second-order valence-corrected chi connectivity index (χ2v) is 3.18. The van der Waals surface area contributed by atoms with E-state index >= 15 is 0 Å². The van der Waals surface area contributed by atoms with Gasteiger partial charge in [-0.3, -0.25) is 0 Å². The van der Waals surface area contributed by atoms with Crippen LogP contribution in [0.3, 0.4) is 0 Å². The quantitative estimate of drug-likeness (QED) is 0.808. The van der Waals surface area contributed by atoms with Gasteiger partial charge in [0.15, 0.2) is 6.36 Å². The number of halogens is 2. The van der Waals surface area contributed by atoms with Gasteiger partial charge in [0.25, 0.3) is 0 Å². The molecule has 0 fully saturated rings. The Labute approximate surface area is 73.0 Å². The van der Waals surface area contributed by atoms with E-state index in [1.807, 2.05) is 12.1 Å². The lowest BCUT2D eigenvalue weighted by Crippen LogP contribution is -2.01. The van der Waals surface area contributed by atoms with E-state index in [2.05, 4.69) is 15.9 Å². The first-order valence-corrected chi connectivity index (χ1v) is 4.04. The van der Waals surface area contributed by atoms with Crippen LogP contribution in [0.25, 0.3) is 0 Å². The third-order valence-electron chi connectivity index (χ3n) is 1.32. The molecule has 0 aliphatic carbocycles. The van der Waals surface area contributed by atoms with Crippen LogP contribution in [0.15, 0.2) is 28.7 Å². The Bertz CT molecular complexity index is 220. The van der Waals surface area contributed by atoms with E-state index in [0.29, 0.717) is 0 Å². The molecule has 11 heavy (non-hydrogen) atoms. The monoisotopic (exact) mass is 218 g/mol. The summed E-state index contributed by atoms with van der Waals surface area (Å²) in [6.45, 7) is 0. The number of hydrogen-bond donors (Lipinski definition) is 1. The molecular weight excluding hydrogens is 211 g/mol. The molecule has 0 spiro atoms. The number of aliphatic hydroxyl groups is 1. The fourth-order valence-corrected chi connectivity index (χ4v) is 1.08. The lowest BCUT2D eigenvalue weighted by Gasteiger charge is -2.00. The minimum Gasteiger partial charge on any atom is -0.364 e. The molecule has 3 heteroatoms. The molecule has 0 saturated heterocycles. The molecule has 1 unspecified atom stereocenters. The summed E-state index contributed by atoms with van der Waals surface area (Å²) in [5.74, 6) is 0. The third kappa shape index (κ3) is 2.99. The fourth-order valence-electron chi connectivity index (χ4n) is 0.815. The molecule has 0 saturated carbocycles. The van der Waals surface area contributed by atoms with Crippen molar-refractivity contribution < 1.29 is 9.50 Å². The average Bonchev–Trinajstić information content (AvgIpc) is 1.93. The molecule has 0 bridgehead atoms. The zero-order chi connectivity index (χ0) is 8.27. The molecule has 1 nitrogen and oxygen atoms in total. The summed E-state index contributed by atoms with van der Waals surface area (Å²) >= 11 is 3.26. The molecule has 0 amide bonds. The molecule has 0 aliphatic rings. The topological polar surface area (TPSA) is 20.2 Å². The molecule has 0 aliphatic heterocycles. The Balaban J connectivity index is 2.66. The van der Waals surface area contributed by atoms with Gasteiger partial charge in [-0.05, 0) is 17.7 Å². The Kier molecular flexibility index (Phi) is 3.02. The minimum atomic E-state index is -1.75. The summed E-state index contributed by atoms with van der Waals surface area (Å²) < 4.78 is 13.0. The van der Waals surface area contributed by atoms with Crippen molar-refractivity contribution in [3.63, 3.8) is 0 Å². The Hall–Kier alpha value is -0.410. The average molecular weight is 219 g/mol. The smallest absolute Gasteiger partial charge is 0.200 e. The van der Waals surface area contributed by atoms with Crippen molar-refractivity contribution in [3.05, 3.63) is 34.3 Å². The molecule has 1 aromatic carbocycles. The van der Waals surface area contributed by atoms with E-state index in [-0.39, 0.29) is 6.42 Å². The van der Waals surface area contributed by atoms with Crippen molar-refractivity contribution in [1.82, 2.24) is 0 Å². The van der Waals surface area contributed by atoms with Crippen LogP contribution in [0.1, 0.15) is 5.56 Å². The highest BCUT2D eigenvalue weighted by Crippen LogP contribution is 2.11. The molecule has 1 rings (SSSR count). The van der Waals surface area contributed by atoms with Crippen molar-refractivity contribution in [1.29, 1.82) is 0 Å². The summed E-state index contributed by atoms with van der Waals surface area (Å²) in [5.41, 5.74) is 0.795. The summed E-state index contributed by atoms with van der Waals surface area (Å²) in [7, 11) is 0. The van der Waals surface area contributed by atoms with Gasteiger partial charge in [-0.1, -0.05) is 28.1 Å². The number of alkyl halides is 1. The van der Waals surface area contributed by atoms with Crippen molar-refractivity contribution in [2.24, 2.45) is 0 Å². The van der Waals surface area contributed by atoms with Gasteiger partial charge in [0.2, 0.25) is 0 Å². The lowest BCUT2D eigenvalue weighted by atomic mass is 10.2. The minimum absolute atomic E-state index is 0.0628. The molecule has 1 atom stereocenters. The van der Waals surface area contributed by atoms with Gasteiger partial charge in [-0.2, -0.15) is 0 Å². The Morgan fingerprint density at radius 3 is 2.36 bits per heavy atom. The van der Waals surface area contributed by atoms with Crippen molar-refractivity contribution in [2.45, 2.75) is 12.8 Å². The van der Waals surface area contributed by atoms with Gasteiger partial charge in [0.1, 0.15) is 0 Å². The number of benzene rings is 1. The Morgan fingerprint density at radius 2 is 1.91 bits per heavy atom. The fraction of sp³-hybridized carbons (Fsp3) is 0.250. The summed E-state index contributed by atoms with van der Waals surface area (Å²) in [5, 5.41) is 8.40. The maximum atomic E-state index is 12.0. The zero-order valence-corrected chi connectivity index (χ0v) is 7.38. The van der Waals surface area contributed by atoms with Crippen LogP contribution < -0.4 is 0 Å². The van der Waals surface area contributed by atoms with Crippen LogP contribution >= 0.6 is 15.9 Å². The van der Waals surface area contributed by atoms with E-state index < -0.39 is 6.36 Å². The van der Waals surface area contributed by atoms with Gasteiger partial charge in [-0.15, -0.1) is 0 Å². The molecule has 0 radical (unpaired) electrons. The Morgan fingerprint density at radius 1 is 1.36 bits per heavy atom. The van der Waals surface area contributed by atoms with Gasteiger partial charge in [-0.25, -0.2) is 4.39 Å². The first kappa shape index (κ1) is 8.68. The number of hydrogen-bond acceptors (Lipinski definition) is 1. The predicted octanol–water partition coefficient (Wildman–Crippen LogP) is 2.28. The van der Waals surface area contributed by atoms with Gasteiger partial charge < -0.3 is 5.11 Å². The molecule has 0 heterocycles. The number of rotatable bonds is 2. The van der Waals surface area contributed by atoms with Gasteiger partial charge in [0.05, 0.1) is 0 Å². The first-order chi connectivity index (χ1) is 5.18. The maximum absolute atomic E-state index is 12.0. The van der Waals surface area contributed by atoms with Crippen LogP contribution in [-0.2, 0) is 6.42 Å². The molecule has 1 N–H and O–H groups in total. The zero-order valence-electron chi connectivity index (χ0n) is 5.80. The number of aliphatic hydroxyl groups excluding tert-OH is 1. The van der Waals surface area contributed by atoms with Gasteiger partial charge >= 0.3 is 0 Å². The van der Waals surface area contributed by atoms with E-state index in [0.717, 1.165) is 10.0 Å². The SMILES string of the molecule is OC(F)Cc1ccc(Br)cc1. The lowest BCUT2D eigenvalue weighted by molar-refractivity contribution is 0.0430. The maximum Gasteiger partial charge on any atom is 0.200 e. The van der Waals surface area contributed by atoms with Crippen LogP contribution in [0, 0.1) is 0 Å². The van der Waals surface area contributed by atoms with Crippen LogP contribution in [-0.4, -0.2) is 11.5 Å². The molecule has 60 valence electrons. The van der Waals surface area contributed by atoms with Crippen molar-refractivity contribution >= 4 is 15.9 Å². The highest BCUT2D eigenvalue weighted by atomic mass is 79.9. The largest absolute Gasteiger partial charge is 0.364 e. The van der Waals surface area contributed by atoms with E-state index in [1.54, 1.807) is 12.1 Å².